The summed E-state index contributed by atoms with van der Waals surface area (Å²) in [6.07, 6.45) is 3.89. The van der Waals surface area contributed by atoms with Crippen LogP contribution in [0.25, 0.3) is 5.65 Å². The molecule has 6 nitrogen and oxygen atoms in total. The van der Waals surface area contributed by atoms with Crippen molar-refractivity contribution in [3.63, 3.8) is 0 Å². The zero-order valence-electron chi connectivity index (χ0n) is 13.6. The number of anilines is 1. The third-order valence-corrected chi connectivity index (χ3v) is 4.33. The summed E-state index contributed by atoms with van der Waals surface area (Å²) in [7, 11) is 2.20. The topological polar surface area (TPSA) is 48.7 Å². The van der Waals surface area contributed by atoms with Crippen molar-refractivity contribution in [3.05, 3.63) is 24.0 Å². The maximum Gasteiger partial charge on any atom is 0.157 e. The Morgan fingerprint density at radius 2 is 2.05 bits per heavy atom. The Morgan fingerprint density at radius 1 is 1.23 bits per heavy atom. The summed E-state index contributed by atoms with van der Waals surface area (Å²) in [4.78, 5) is 9.52. The molecule has 0 aromatic carbocycles. The van der Waals surface area contributed by atoms with Crippen molar-refractivity contribution < 1.29 is 0 Å². The maximum atomic E-state index is 4.57. The number of rotatable bonds is 6. The fourth-order valence-electron chi connectivity index (χ4n) is 2.86. The minimum atomic E-state index is 0.918. The van der Waals surface area contributed by atoms with E-state index in [9.17, 15) is 0 Å². The quantitative estimate of drug-likeness (QED) is 0.816. The predicted octanol–water partition coefficient (Wildman–Crippen LogP) is 1.34. The lowest BCUT2D eigenvalue weighted by molar-refractivity contribution is 0.154. The van der Waals surface area contributed by atoms with Crippen LogP contribution < -0.4 is 5.32 Å². The third kappa shape index (κ3) is 3.56. The number of likely N-dealkylation sites (N-methyl/N-ethyl adjacent to an activating group) is 1. The van der Waals surface area contributed by atoms with E-state index in [1.54, 1.807) is 6.20 Å². The van der Waals surface area contributed by atoms with Crippen LogP contribution in [0, 0.1) is 0 Å². The average Bonchev–Trinajstić information content (AvgIpc) is 3.01. The Balaban J connectivity index is 1.52. The first kappa shape index (κ1) is 15.2. The van der Waals surface area contributed by atoms with Crippen LogP contribution in [0.4, 0.5) is 5.82 Å². The van der Waals surface area contributed by atoms with Gasteiger partial charge in [0.05, 0.1) is 6.20 Å². The molecule has 0 amide bonds. The van der Waals surface area contributed by atoms with Gasteiger partial charge in [-0.15, -0.1) is 0 Å². The fraction of sp³-hybridized carbons (Fsp3) is 0.625. The SMILES string of the molecule is CCc1cc(NCCCN2CCN(C)CC2)n2nccc2n1. The van der Waals surface area contributed by atoms with Crippen molar-refractivity contribution in [2.24, 2.45) is 0 Å². The molecular formula is C16H26N6. The second-order valence-electron chi connectivity index (χ2n) is 6.01. The molecule has 1 N–H and O–H groups in total. The molecule has 120 valence electrons. The number of hydrogen-bond donors (Lipinski definition) is 1. The van der Waals surface area contributed by atoms with Gasteiger partial charge in [0.15, 0.2) is 5.65 Å². The number of aryl methyl sites for hydroxylation is 1. The molecule has 0 radical (unpaired) electrons. The summed E-state index contributed by atoms with van der Waals surface area (Å²) in [6, 6.07) is 4.06. The smallest absolute Gasteiger partial charge is 0.157 e. The largest absolute Gasteiger partial charge is 0.370 e. The Kier molecular flexibility index (Phi) is 4.90. The molecule has 0 spiro atoms. The number of hydrogen-bond acceptors (Lipinski definition) is 5. The molecule has 1 fully saturated rings. The average molecular weight is 302 g/mol. The molecule has 3 rings (SSSR count). The summed E-state index contributed by atoms with van der Waals surface area (Å²) in [5, 5.41) is 7.87. The summed E-state index contributed by atoms with van der Waals surface area (Å²) in [5.41, 5.74) is 2.02. The van der Waals surface area contributed by atoms with E-state index in [-0.39, 0.29) is 0 Å². The third-order valence-electron chi connectivity index (χ3n) is 4.33. The number of piperazine rings is 1. The van der Waals surface area contributed by atoms with Gasteiger partial charge in [-0.25, -0.2) is 4.98 Å². The highest BCUT2D eigenvalue weighted by Crippen LogP contribution is 2.12. The Labute approximate surface area is 132 Å². The molecule has 0 atom stereocenters. The van der Waals surface area contributed by atoms with Crippen molar-refractivity contribution in [3.8, 4) is 0 Å². The normalized spacial score (nSPS) is 17.2. The summed E-state index contributed by atoms with van der Waals surface area (Å²) >= 11 is 0. The highest BCUT2D eigenvalue weighted by atomic mass is 15.3. The van der Waals surface area contributed by atoms with Gasteiger partial charge in [-0.3, -0.25) is 0 Å². The number of nitrogens with zero attached hydrogens (tertiary/aromatic N) is 5. The van der Waals surface area contributed by atoms with Gasteiger partial charge in [-0.2, -0.15) is 9.61 Å². The van der Waals surface area contributed by atoms with Gasteiger partial charge in [0.2, 0.25) is 0 Å². The molecule has 3 heterocycles. The molecule has 6 heteroatoms. The van der Waals surface area contributed by atoms with E-state index in [4.69, 9.17) is 0 Å². The Bertz CT molecular complexity index is 600. The molecule has 0 bridgehead atoms. The maximum absolute atomic E-state index is 4.57. The lowest BCUT2D eigenvalue weighted by Crippen LogP contribution is -2.44. The molecule has 1 aliphatic rings. The molecule has 0 saturated carbocycles. The van der Waals surface area contributed by atoms with Gasteiger partial charge < -0.3 is 15.1 Å². The van der Waals surface area contributed by atoms with Gasteiger partial charge in [0.25, 0.3) is 0 Å². The van der Waals surface area contributed by atoms with Crippen LogP contribution in [0.1, 0.15) is 19.0 Å². The van der Waals surface area contributed by atoms with Gasteiger partial charge in [-0.05, 0) is 26.4 Å². The first-order valence-electron chi connectivity index (χ1n) is 8.24. The molecule has 1 aliphatic heterocycles. The molecule has 1 saturated heterocycles. The van der Waals surface area contributed by atoms with Gasteiger partial charge >= 0.3 is 0 Å². The molecule has 0 aliphatic carbocycles. The minimum absolute atomic E-state index is 0.918. The Morgan fingerprint density at radius 3 is 2.82 bits per heavy atom. The highest BCUT2D eigenvalue weighted by molar-refractivity contribution is 5.49. The van der Waals surface area contributed by atoms with Crippen LogP contribution in [0.15, 0.2) is 18.3 Å². The van der Waals surface area contributed by atoms with Crippen LogP contribution in [0.5, 0.6) is 0 Å². The van der Waals surface area contributed by atoms with Crippen molar-refractivity contribution in [2.45, 2.75) is 19.8 Å². The molecule has 0 unspecified atom stereocenters. The van der Waals surface area contributed by atoms with E-state index in [2.05, 4.69) is 45.2 Å². The minimum Gasteiger partial charge on any atom is -0.370 e. The first-order chi connectivity index (χ1) is 10.8. The van der Waals surface area contributed by atoms with E-state index >= 15 is 0 Å². The highest BCUT2D eigenvalue weighted by Gasteiger charge is 2.12. The van der Waals surface area contributed by atoms with Gasteiger partial charge in [0, 0.05) is 50.6 Å². The number of aromatic nitrogens is 3. The summed E-state index contributed by atoms with van der Waals surface area (Å²) in [5.74, 6) is 1.05. The van der Waals surface area contributed by atoms with E-state index < -0.39 is 0 Å². The summed E-state index contributed by atoms with van der Waals surface area (Å²) in [6.45, 7) is 9.01. The lowest BCUT2D eigenvalue weighted by Gasteiger charge is -2.32. The van der Waals surface area contributed by atoms with Crippen LogP contribution in [0.2, 0.25) is 0 Å². The van der Waals surface area contributed by atoms with Gasteiger partial charge in [-0.1, -0.05) is 6.92 Å². The van der Waals surface area contributed by atoms with Crippen molar-refractivity contribution in [1.82, 2.24) is 24.4 Å². The zero-order valence-corrected chi connectivity index (χ0v) is 13.6. The first-order valence-corrected chi connectivity index (χ1v) is 8.24. The van der Waals surface area contributed by atoms with Crippen LogP contribution in [0.3, 0.4) is 0 Å². The standard InChI is InChI=1S/C16H26N6/c1-3-14-13-16(22-15(19-14)5-7-18-22)17-6-4-8-21-11-9-20(2)10-12-21/h5,7,13,17H,3-4,6,8-12H2,1-2H3. The van der Waals surface area contributed by atoms with Crippen molar-refractivity contribution in [2.75, 3.05) is 51.6 Å². The van der Waals surface area contributed by atoms with Crippen LogP contribution >= 0.6 is 0 Å². The predicted molar refractivity (Wildman–Crippen MR) is 89.4 cm³/mol. The second-order valence-corrected chi connectivity index (χ2v) is 6.01. The van der Waals surface area contributed by atoms with E-state index in [1.165, 1.54) is 26.2 Å². The second kappa shape index (κ2) is 7.07. The Hall–Kier alpha value is -1.66. The fourth-order valence-corrected chi connectivity index (χ4v) is 2.86. The zero-order chi connectivity index (χ0) is 15.4. The number of fused-ring (bicyclic) bond motifs is 1. The van der Waals surface area contributed by atoms with E-state index in [0.717, 1.165) is 43.1 Å². The molecular weight excluding hydrogens is 276 g/mol. The number of nitrogens with one attached hydrogen (secondary N) is 1. The molecule has 2 aromatic rings. The molecule has 22 heavy (non-hydrogen) atoms. The molecule has 2 aromatic heterocycles. The summed E-state index contributed by atoms with van der Waals surface area (Å²) < 4.78 is 1.88. The van der Waals surface area contributed by atoms with Crippen LogP contribution in [-0.2, 0) is 6.42 Å². The van der Waals surface area contributed by atoms with E-state index in [0.29, 0.717) is 0 Å². The van der Waals surface area contributed by atoms with Crippen molar-refractivity contribution in [1.29, 1.82) is 0 Å². The monoisotopic (exact) mass is 302 g/mol. The lowest BCUT2D eigenvalue weighted by atomic mass is 10.3. The van der Waals surface area contributed by atoms with Crippen LogP contribution in [-0.4, -0.2) is 70.7 Å². The van der Waals surface area contributed by atoms with E-state index in [1.807, 2.05) is 10.6 Å². The van der Waals surface area contributed by atoms with Gasteiger partial charge in [0.1, 0.15) is 5.82 Å². The van der Waals surface area contributed by atoms with Crippen molar-refractivity contribution >= 4 is 11.5 Å².